The third kappa shape index (κ3) is 3.87. The Kier molecular flexibility index (Phi) is 4.06. The lowest BCUT2D eigenvalue weighted by Crippen LogP contribution is -2.08. The van der Waals surface area contributed by atoms with E-state index in [1.165, 1.54) is 6.07 Å². The molecule has 0 amide bonds. The predicted molar refractivity (Wildman–Crippen MR) is 71.6 cm³/mol. The molecule has 0 radical (unpaired) electrons. The van der Waals surface area contributed by atoms with Gasteiger partial charge >= 0.3 is 6.18 Å². The van der Waals surface area contributed by atoms with E-state index in [9.17, 15) is 22.7 Å². The maximum absolute atomic E-state index is 13.2. The first-order valence-electron chi connectivity index (χ1n) is 6.16. The number of rotatable bonds is 3. The Morgan fingerprint density at radius 3 is 2.43 bits per heavy atom. The van der Waals surface area contributed by atoms with Crippen LogP contribution in [0.1, 0.15) is 16.7 Å². The molecular weight excluding hydrogens is 286 g/mol. The zero-order valence-electron chi connectivity index (χ0n) is 11.1. The lowest BCUT2D eigenvalue weighted by atomic mass is 10.1. The summed E-state index contributed by atoms with van der Waals surface area (Å²) < 4.78 is 51.0. The van der Waals surface area contributed by atoms with Gasteiger partial charge in [0.15, 0.2) is 0 Å². The van der Waals surface area contributed by atoms with Gasteiger partial charge in [-0.05, 0) is 54.4 Å². The van der Waals surface area contributed by atoms with Crippen LogP contribution < -0.4 is 5.32 Å². The third-order valence-corrected chi connectivity index (χ3v) is 2.98. The van der Waals surface area contributed by atoms with Crippen molar-refractivity contribution >= 4 is 5.69 Å². The second-order valence-corrected chi connectivity index (χ2v) is 4.70. The summed E-state index contributed by atoms with van der Waals surface area (Å²) in [5.41, 5.74) is 0.438. The molecule has 2 nitrogen and oxygen atoms in total. The highest BCUT2D eigenvalue weighted by Gasteiger charge is 2.31. The van der Waals surface area contributed by atoms with E-state index in [2.05, 4.69) is 5.32 Å². The number of nitrogens with one attached hydrogen (secondary N) is 1. The van der Waals surface area contributed by atoms with Crippen LogP contribution in [0.4, 0.5) is 23.2 Å². The van der Waals surface area contributed by atoms with E-state index in [0.29, 0.717) is 17.3 Å². The Bertz CT molecular complexity index is 653. The van der Waals surface area contributed by atoms with Gasteiger partial charge in [-0.15, -0.1) is 0 Å². The van der Waals surface area contributed by atoms with Crippen molar-refractivity contribution in [2.75, 3.05) is 5.32 Å². The number of phenolic OH excluding ortho intramolecular Hbond substituents is 1. The second kappa shape index (κ2) is 5.63. The number of benzene rings is 2. The van der Waals surface area contributed by atoms with Crippen molar-refractivity contribution in [1.29, 1.82) is 0 Å². The van der Waals surface area contributed by atoms with Crippen LogP contribution in [0.15, 0.2) is 36.4 Å². The smallest absolute Gasteiger partial charge is 0.416 e. The van der Waals surface area contributed by atoms with Gasteiger partial charge < -0.3 is 10.4 Å². The molecule has 0 spiro atoms. The van der Waals surface area contributed by atoms with E-state index >= 15 is 0 Å². The van der Waals surface area contributed by atoms with Crippen molar-refractivity contribution in [3.63, 3.8) is 0 Å². The van der Waals surface area contributed by atoms with Crippen LogP contribution in [0.25, 0.3) is 0 Å². The predicted octanol–water partition coefficient (Wildman–Crippen LogP) is 4.47. The second-order valence-electron chi connectivity index (χ2n) is 4.70. The monoisotopic (exact) mass is 299 g/mol. The number of anilines is 1. The topological polar surface area (TPSA) is 32.3 Å². The summed E-state index contributed by atoms with van der Waals surface area (Å²) in [5.74, 6) is -0.797. The minimum Gasteiger partial charge on any atom is -0.508 e. The molecule has 112 valence electrons. The quantitative estimate of drug-likeness (QED) is 0.647. The largest absolute Gasteiger partial charge is 0.508 e. The summed E-state index contributed by atoms with van der Waals surface area (Å²) in [6.45, 7) is 1.75. The lowest BCUT2D eigenvalue weighted by molar-refractivity contribution is -0.137. The molecule has 0 atom stereocenters. The van der Waals surface area contributed by atoms with Gasteiger partial charge in [-0.2, -0.15) is 13.2 Å². The average Bonchev–Trinajstić information content (AvgIpc) is 2.38. The maximum atomic E-state index is 13.2. The van der Waals surface area contributed by atoms with Crippen molar-refractivity contribution in [3.05, 3.63) is 58.9 Å². The summed E-state index contributed by atoms with van der Waals surface area (Å²) in [5, 5.41) is 12.3. The Hall–Kier alpha value is -2.24. The Labute approximate surface area is 119 Å². The van der Waals surface area contributed by atoms with Gasteiger partial charge in [0.1, 0.15) is 11.6 Å². The van der Waals surface area contributed by atoms with Crippen LogP contribution in [-0.4, -0.2) is 5.11 Å². The summed E-state index contributed by atoms with van der Waals surface area (Å²) in [6.07, 6.45) is -4.58. The van der Waals surface area contributed by atoms with Crippen LogP contribution in [0.2, 0.25) is 0 Å². The number of alkyl halides is 3. The van der Waals surface area contributed by atoms with Crippen molar-refractivity contribution in [3.8, 4) is 5.75 Å². The molecular formula is C15H13F4NO. The molecule has 0 unspecified atom stereocenters. The van der Waals surface area contributed by atoms with E-state index in [-0.39, 0.29) is 17.9 Å². The van der Waals surface area contributed by atoms with E-state index in [4.69, 9.17) is 0 Å². The molecule has 0 aliphatic carbocycles. The van der Waals surface area contributed by atoms with Crippen LogP contribution in [-0.2, 0) is 12.7 Å². The van der Waals surface area contributed by atoms with Gasteiger partial charge in [0.2, 0.25) is 0 Å². The zero-order chi connectivity index (χ0) is 15.6. The highest BCUT2D eigenvalue weighted by Crippen LogP contribution is 2.30. The molecule has 21 heavy (non-hydrogen) atoms. The third-order valence-electron chi connectivity index (χ3n) is 2.98. The SMILES string of the molecule is Cc1cc(NCc2cc(F)cc(C(F)(F)F)c2)ccc1O. The molecule has 0 heterocycles. The van der Waals surface area contributed by atoms with E-state index in [0.717, 1.165) is 12.1 Å². The minimum atomic E-state index is -4.58. The normalized spacial score (nSPS) is 11.5. The first-order valence-corrected chi connectivity index (χ1v) is 6.16. The fourth-order valence-electron chi connectivity index (χ4n) is 1.89. The van der Waals surface area contributed by atoms with Crippen LogP contribution >= 0.6 is 0 Å². The van der Waals surface area contributed by atoms with E-state index in [1.54, 1.807) is 19.1 Å². The first kappa shape index (κ1) is 15.2. The molecule has 2 aromatic rings. The highest BCUT2D eigenvalue weighted by atomic mass is 19.4. The molecule has 0 saturated heterocycles. The van der Waals surface area contributed by atoms with E-state index < -0.39 is 17.6 Å². The maximum Gasteiger partial charge on any atom is 0.416 e. The molecule has 2 aromatic carbocycles. The Morgan fingerprint density at radius 1 is 1.10 bits per heavy atom. The molecule has 0 aliphatic rings. The Balaban J connectivity index is 2.16. The van der Waals surface area contributed by atoms with Gasteiger partial charge in [0.05, 0.1) is 5.56 Å². The van der Waals surface area contributed by atoms with Crippen molar-refractivity contribution in [2.24, 2.45) is 0 Å². The lowest BCUT2D eigenvalue weighted by Gasteiger charge is -2.11. The zero-order valence-corrected chi connectivity index (χ0v) is 11.1. The molecule has 2 rings (SSSR count). The van der Waals surface area contributed by atoms with Gasteiger partial charge in [0.25, 0.3) is 0 Å². The molecule has 0 saturated carbocycles. The molecule has 2 N–H and O–H groups in total. The van der Waals surface area contributed by atoms with Gasteiger partial charge in [0, 0.05) is 12.2 Å². The standard InChI is InChI=1S/C15H13F4NO/c1-9-4-13(2-3-14(9)21)20-8-10-5-11(15(17,18)19)7-12(16)6-10/h2-7,20-21H,8H2,1H3. The first-order chi connectivity index (χ1) is 9.75. The molecule has 0 fully saturated rings. The molecule has 6 heteroatoms. The molecule has 0 aromatic heterocycles. The summed E-state index contributed by atoms with van der Waals surface area (Å²) in [4.78, 5) is 0. The number of hydrogen-bond donors (Lipinski definition) is 2. The molecule has 0 bridgehead atoms. The average molecular weight is 299 g/mol. The fraction of sp³-hybridized carbons (Fsp3) is 0.200. The van der Waals surface area contributed by atoms with Crippen molar-refractivity contribution < 1.29 is 22.7 Å². The number of phenols is 1. The number of aryl methyl sites for hydroxylation is 1. The van der Waals surface area contributed by atoms with Crippen LogP contribution in [0.5, 0.6) is 5.75 Å². The number of aromatic hydroxyl groups is 1. The molecule has 0 aliphatic heterocycles. The summed E-state index contributed by atoms with van der Waals surface area (Å²) in [6, 6.07) is 7.14. The Morgan fingerprint density at radius 2 is 1.81 bits per heavy atom. The van der Waals surface area contributed by atoms with Crippen LogP contribution in [0.3, 0.4) is 0 Å². The number of halogens is 4. The highest BCUT2D eigenvalue weighted by molar-refractivity contribution is 5.50. The number of hydrogen-bond acceptors (Lipinski definition) is 2. The van der Waals surface area contributed by atoms with Gasteiger partial charge in [-0.3, -0.25) is 0 Å². The van der Waals surface area contributed by atoms with E-state index in [1.807, 2.05) is 0 Å². The summed E-state index contributed by atoms with van der Waals surface area (Å²) in [7, 11) is 0. The van der Waals surface area contributed by atoms with Crippen LogP contribution in [0, 0.1) is 12.7 Å². The minimum absolute atomic E-state index is 0.0467. The summed E-state index contributed by atoms with van der Waals surface area (Å²) >= 11 is 0. The van der Waals surface area contributed by atoms with Crippen molar-refractivity contribution in [1.82, 2.24) is 0 Å². The van der Waals surface area contributed by atoms with Gasteiger partial charge in [-0.1, -0.05) is 0 Å². The van der Waals surface area contributed by atoms with Crippen molar-refractivity contribution in [2.45, 2.75) is 19.6 Å². The fourth-order valence-corrected chi connectivity index (χ4v) is 1.89. The van der Waals surface area contributed by atoms with Gasteiger partial charge in [-0.25, -0.2) is 4.39 Å².